The van der Waals surface area contributed by atoms with E-state index in [-0.39, 0.29) is 40.7 Å². The molecule has 0 aliphatic carbocycles. The minimum Gasteiger partial charge on any atom is -0.481 e. The van der Waals surface area contributed by atoms with Gasteiger partial charge in [0.1, 0.15) is 17.0 Å². The molecule has 0 amide bonds. The highest BCUT2D eigenvalue weighted by Crippen LogP contribution is 2.26. The minimum absolute atomic E-state index is 0.0999. The van der Waals surface area contributed by atoms with Crippen molar-refractivity contribution < 1.29 is 31.4 Å². The zero-order chi connectivity index (χ0) is 25.6. The Bertz CT molecular complexity index is 1230. The van der Waals surface area contributed by atoms with Crippen molar-refractivity contribution >= 4 is 27.6 Å². The van der Waals surface area contributed by atoms with Crippen LogP contribution in [0.1, 0.15) is 18.9 Å². The first-order valence-corrected chi connectivity index (χ1v) is 11.9. The molecule has 3 aromatic rings. The third-order valence-corrected chi connectivity index (χ3v) is 6.66. The van der Waals surface area contributed by atoms with E-state index < -0.39 is 34.6 Å². The molecule has 3 rings (SSSR count). The lowest BCUT2D eigenvalue weighted by Gasteiger charge is -2.22. The van der Waals surface area contributed by atoms with Crippen LogP contribution in [0.25, 0.3) is 11.5 Å². The van der Waals surface area contributed by atoms with Crippen LogP contribution >= 0.6 is 11.6 Å². The number of pyridine rings is 1. The zero-order valence-electron chi connectivity index (χ0n) is 18.8. The molecular formula is C19H22ClF2N7O5S. The Labute approximate surface area is 204 Å². The summed E-state index contributed by atoms with van der Waals surface area (Å²) in [4.78, 5) is 12.3. The summed E-state index contributed by atoms with van der Waals surface area (Å²) in [7, 11) is -1.44. The van der Waals surface area contributed by atoms with Crippen molar-refractivity contribution in [3.63, 3.8) is 0 Å². The van der Waals surface area contributed by atoms with Crippen LogP contribution in [0.4, 0.5) is 14.7 Å². The van der Waals surface area contributed by atoms with Crippen molar-refractivity contribution in [2.24, 2.45) is 0 Å². The van der Waals surface area contributed by atoms with E-state index in [4.69, 9.17) is 21.1 Å². The van der Waals surface area contributed by atoms with Gasteiger partial charge in [0.2, 0.25) is 21.9 Å². The SMILES string of the molecule is COc1cccc(-c2nnc(NS(=O)(=O)[C@@H](C)[C@H](OC)c3ncc(Cl)cn3)n2CCOC(F)F)n1. The Balaban J connectivity index is 1.93. The Hall–Kier alpha value is -3.01. The highest BCUT2D eigenvalue weighted by Gasteiger charge is 2.34. The summed E-state index contributed by atoms with van der Waals surface area (Å²) in [6.07, 6.45) is 1.58. The van der Waals surface area contributed by atoms with Gasteiger partial charge in [0.15, 0.2) is 11.6 Å². The highest BCUT2D eigenvalue weighted by molar-refractivity contribution is 7.93. The molecule has 3 heterocycles. The average Bonchev–Trinajstić information content (AvgIpc) is 3.22. The summed E-state index contributed by atoms with van der Waals surface area (Å²) in [6.45, 7) is -2.27. The summed E-state index contributed by atoms with van der Waals surface area (Å²) in [6, 6.07) is 4.81. The molecule has 0 aliphatic rings. The molecule has 0 unspecified atom stereocenters. The Morgan fingerprint density at radius 1 is 1.17 bits per heavy atom. The molecule has 35 heavy (non-hydrogen) atoms. The van der Waals surface area contributed by atoms with Gasteiger partial charge in [-0.1, -0.05) is 17.7 Å². The van der Waals surface area contributed by atoms with Gasteiger partial charge in [-0.05, 0) is 13.0 Å². The Morgan fingerprint density at radius 2 is 1.89 bits per heavy atom. The number of aromatic nitrogens is 6. The second-order valence-electron chi connectivity index (χ2n) is 6.96. The number of methoxy groups -OCH3 is 2. The van der Waals surface area contributed by atoms with Crippen molar-refractivity contribution in [1.82, 2.24) is 29.7 Å². The predicted octanol–water partition coefficient (Wildman–Crippen LogP) is 2.55. The van der Waals surface area contributed by atoms with Crippen molar-refractivity contribution in [3.8, 4) is 17.4 Å². The van der Waals surface area contributed by atoms with Gasteiger partial charge < -0.3 is 14.2 Å². The summed E-state index contributed by atoms with van der Waals surface area (Å²) in [5.41, 5.74) is 0.275. The second-order valence-corrected chi connectivity index (χ2v) is 9.44. The highest BCUT2D eigenvalue weighted by atomic mass is 35.5. The lowest BCUT2D eigenvalue weighted by molar-refractivity contribution is -0.130. The topological polar surface area (TPSA) is 143 Å². The van der Waals surface area contributed by atoms with Crippen molar-refractivity contribution in [3.05, 3.63) is 41.4 Å². The molecule has 0 bridgehead atoms. The van der Waals surface area contributed by atoms with Gasteiger partial charge in [0.05, 0.1) is 25.3 Å². The molecule has 0 spiro atoms. The third kappa shape index (κ3) is 6.56. The van der Waals surface area contributed by atoms with Crippen molar-refractivity contribution in [2.75, 3.05) is 25.5 Å². The van der Waals surface area contributed by atoms with E-state index >= 15 is 0 Å². The quantitative estimate of drug-likeness (QED) is 0.369. The van der Waals surface area contributed by atoms with Crippen LogP contribution in [0.2, 0.25) is 5.02 Å². The molecule has 2 atom stereocenters. The number of hydrogen-bond acceptors (Lipinski definition) is 10. The first-order valence-electron chi connectivity index (χ1n) is 10.0. The molecule has 190 valence electrons. The van der Waals surface area contributed by atoms with Crippen LogP contribution in [0.3, 0.4) is 0 Å². The maximum Gasteiger partial charge on any atom is 0.345 e. The Kier molecular flexibility index (Phi) is 8.82. The van der Waals surface area contributed by atoms with Crippen LogP contribution in [-0.2, 0) is 26.0 Å². The lowest BCUT2D eigenvalue weighted by Crippen LogP contribution is -2.33. The fraction of sp³-hybridized carbons (Fsp3) is 0.421. The molecule has 12 nitrogen and oxygen atoms in total. The monoisotopic (exact) mass is 533 g/mol. The van der Waals surface area contributed by atoms with E-state index in [9.17, 15) is 17.2 Å². The van der Waals surface area contributed by atoms with Crippen LogP contribution in [0, 0.1) is 0 Å². The minimum atomic E-state index is -4.17. The summed E-state index contributed by atoms with van der Waals surface area (Å²) in [5.74, 6) is 0.239. The van der Waals surface area contributed by atoms with E-state index in [1.165, 1.54) is 38.1 Å². The van der Waals surface area contributed by atoms with Crippen LogP contribution in [0.15, 0.2) is 30.6 Å². The zero-order valence-corrected chi connectivity index (χ0v) is 20.4. The normalized spacial score (nSPS) is 13.6. The number of halogens is 3. The smallest absolute Gasteiger partial charge is 0.345 e. The van der Waals surface area contributed by atoms with Crippen LogP contribution in [0.5, 0.6) is 5.88 Å². The molecule has 16 heteroatoms. The number of alkyl halides is 2. The summed E-state index contributed by atoms with van der Waals surface area (Å²) >= 11 is 5.80. The van der Waals surface area contributed by atoms with Gasteiger partial charge in [-0.15, -0.1) is 10.2 Å². The number of ether oxygens (including phenoxy) is 3. The number of sulfonamides is 1. The number of nitrogens with one attached hydrogen (secondary N) is 1. The third-order valence-electron chi connectivity index (χ3n) is 4.77. The van der Waals surface area contributed by atoms with Gasteiger partial charge in [-0.2, -0.15) is 8.78 Å². The molecular weight excluding hydrogens is 512 g/mol. The fourth-order valence-electron chi connectivity index (χ4n) is 3.03. The molecule has 1 N–H and O–H groups in total. The number of anilines is 1. The first-order chi connectivity index (χ1) is 16.7. The number of nitrogens with zero attached hydrogens (tertiary/aromatic N) is 6. The molecule has 0 fully saturated rings. The van der Waals surface area contributed by atoms with E-state index in [0.29, 0.717) is 0 Å². The van der Waals surface area contributed by atoms with Crippen molar-refractivity contribution in [1.29, 1.82) is 0 Å². The average molecular weight is 534 g/mol. The maximum absolute atomic E-state index is 13.2. The second kappa shape index (κ2) is 11.6. The van der Waals surface area contributed by atoms with Gasteiger partial charge >= 0.3 is 6.61 Å². The Morgan fingerprint density at radius 3 is 2.51 bits per heavy atom. The first kappa shape index (κ1) is 26.6. The summed E-state index contributed by atoms with van der Waals surface area (Å²) in [5, 5.41) is 6.96. The van der Waals surface area contributed by atoms with E-state index in [2.05, 4.69) is 34.6 Å². The van der Waals surface area contributed by atoms with E-state index in [0.717, 1.165) is 0 Å². The molecule has 3 aromatic heterocycles. The van der Waals surface area contributed by atoms with E-state index in [1.807, 2.05) is 0 Å². The molecule has 0 radical (unpaired) electrons. The number of rotatable bonds is 12. The lowest BCUT2D eigenvalue weighted by atomic mass is 10.2. The van der Waals surface area contributed by atoms with E-state index in [1.54, 1.807) is 18.2 Å². The standard InChI is InChI=1S/C19H22ClF2N7O5S/c1-11(15(33-3)16-23-9-12(20)10-24-16)35(30,31)28-19-27-26-17(29(19)7-8-34-18(21)22)13-5-4-6-14(25-13)32-2/h4-6,9-11,15,18H,7-8H2,1-3H3,(H,27,28)/t11-,15-/m0/s1. The van der Waals surface area contributed by atoms with Gasteiger partial charge in [-0.25, -0.2) is 23.4 Å². The maximum atomic E-state index is 13.2. The predicted molar refractivity (Wildman–Crippen MR) is 121 cm³/mol. The molecule has 0 saturated carbocycles. The summed E-state index contributed by atoms with van der Waals surface area (Å²) < 4.78 is 69.8. The molecule has 0 saturated heterocycles. The van der Waals surface area contributed by atoms with Crippen molar-refractivity contribution in [2.45, 2.75) is 31.4 Å². The van der Waals surface area contributed by atoms with Gasteiger partial charge in [0.25, 0.3) is 0 Å². The van der Waals surface area contributed by atoms with Crippen LogP contribution < -0.4 is 9.46 Å². The van der Waals surface area contributed by atoms with Gasteiger partial charge in [0, 0.05) is 25.6 Å². The number of hydrogen-bond donors (Lipinski definition) is 1. The fourth-order valence-corrected chi connectivity index (χ4v) is 4.27. The van der Waals surface area contributed by atoms with Gasteiger partial charge in [-0.3, -0.25) is 9.29 Å². The van der Waals surface area contributed by atoms with Crippen LogP contribution in [-0.4, -0.2) is 70.8 Å². The molecule has 0 aromatic carbocycles. The largest absolute Gasteiger partial charge is 0.481 e. The molecule has 0 aliphatic heterocycles.